The lowest BCUT2D eigenvalue weighted by Crippen LogP contribution is -2.44. The second-order valence-corrected chi connectivity index (χ2v) is 7.16. The summed E-state index contributed by atoms with van der Waals surface area (Å²) in [5.74, 6) is 0.937. The fourth-order valence-electron chi connectivity index (χ4n) is 3.94. The van der Waals surface area contributed by atoms with Gasteiger partial charge in [-0.3, -0.25) is 4.90 Å². The topological polar surface area (TPSA) is 23.5 Å². The van der Waals surface area contributed by atoms with Gasteiger partial charge >= 0.3 is 0 Å². The summed E-state index contributed by atoms with van der Waals surface area (Å²) in [6.07, 6.45) is 9.03. The lowest BCUT2D eigenvalue weighted by Gasteiger charge is -2.33. The van der Waals surface area contributed by atoms with Crippen molar-refractivity contribution in [2.24, 2.45) is 11.3 Å². The second-order valence-electron chi connectivity index (χ2n) is 7.16. The standard InChI is InChI=1S/C16H31NO/c1-4-6-13-7-5-11-17(12-9-13)14-8-10-16(2,3)15(14)18/h13-15,18H,4-12H2,1-3H3. The van der Waals surface area contributed by atoms with Crippen molar-refractivity contribution in [2.45, 2.75) is 77.9 Å². The van der Waals surface area contributed by atoms with Gasteiger partial charge in [0.15, 0.2) is 0 Å². The van der Waals surface area contributed by atoms with Crippen molar-refractivity contribution in [1.29, 1.82) is 0 Å². The highest BCUT2D eigenvalue weighted by Crippen LogP contribution is 2.40. The number of likely N-dealkylation sites (tertiary alicyclic amines) is 1. The van der Waals surface area contributed by atoms with Crippen LogP contribution in [0.5, 0.6) is 0 Å². The molecule has 2 nitrogen and oxygen atoms in total. The molecule has 1 N–H and O–H groups in total. The minimum atomic E-state index is -0.125. The second kappa shape index (κ2) is 5.92. The third-order valence-corrected chi connectivity index (χ3v) is 5.30. The summed E-state index contributed by atoms with van der Waals surface area (Å²) in [4.78, 5) is 2.59. The molecule has 106 valence electrons. The van der Waals surface area contributed by atoms with Gasteiger partial charge < -0.3 is 5.11 Å². The zero-order valence-corrected chi connectivity index (χ0v) is 12.5. The normalized spacial score (nSPS) is 37.7. The van der Waals surface area contributed by atoms with Gasteiger partial charge in [0.05, 0.1) is 6.10 Å². The third kappa shape index (κ3) is 3.08. The summed E-state index contributed by atoms with van der Waals surface area (Å²) < 4.78 is 0. The van der Waals surface area contributed by atoms with Gasteiger partial charge in [0, 0.05) is 6.04 Å². The van der Waals surface area contributed by atoms with Crippen molar-refractivity contribution in [1.82, 2.24) is 4.90 Å². The Balaban J connectivity index is 1.90. The minimum absolute atomic E-state index is 0.125. The molecule has 18 heavy (non-hydrogen) atoms. The van der Waals surface area contributed by atoms with Gasteiger partial charge in [-0.25, -0.2) is 0 Å². The summed E-state index contributed by atoms with van der Waals surface area (Å²) in [6.45, 7) is 9.15. The van der Waals surface area contributed by atoms with Crippen LogP contribution in [0.1, 0.15) is 65.7 Å². The lowest BCUT2D eigenvalue weighted by atomic mass is 9.88. The molecular weight excluding hydrogens is 222 g/mol. The van der Waals surface area contributed by atoms with E-state index >= 15 is 0 Å². The van der Waals surface area contributed by atoms with Crippen LogP contribution >= 0.6 is 0 Å². The third-order valence-electron chi connectivity index (χ3n) is 5.30. The van der Waals surface area contributed by atoms with E-state index in [0.717, 1.165) is 5.92 Å². The first-order valence-corrected chi connectivity index (χ1v) is 7.96. The molecule has 0 spiro atoms. The maximum atomic E-state index is 10.5. The van der Waals surface area contributed by atoms with Crippen LogP contribution in [0, 0.1) is 11.3 Å². The fourth-order valence-corrected chi connectivity index (χ4v) is 3.94. The fraction of sp³-hybridized carbons (Fsp3) is 1.00. The molecule has 0 aromatic rings. The van der Waals surface area contributed by atoms with E-state index in [-0.39, 0.29) is 11.5 Å². The van der Waals surface area contributed by atoms with Crippen LogP contribution in [0.4, 0.5) is 0 Å². The molecular formula is C16H31NO. The van der Waals surface area contributed by atoms with Gasteiger partial charge in [-0.15, -0.1) is 0 Å². The Labute approximate surface area is 113 Å². The molecule has 0 bridgehead atoms. The van der Waals surface area contributed by atoms with Crippen LogP contribution in [0.2, 0.25) is 0 Å². The lowest BCUT2D eigenvalue weighted by molar-refractivity contribution is 0.0153. The number of hydrogen-bond donors (Lipinski definition) is 1. The van der Waals surface area contributed by atoms with E-state index in [2.05, 4.69) is 25.7 Å². The van der Waals surface area contributed by atoms with E-state index in [4.69, 9.17) is 0 Å². The average molecular weight is 253 g/mol. The molecule has 2 aliphatic rings. The Morgan fingerprint density at radius 2 is 1.94 bits per heavy atom. The van der Waals surface area contributed by atoms with Crippen molar-refractivity contribution < 1.29 is 5.11 Å². The number of hydrogen-bond acceptors (Lipinski definition) is 2. The Morgan fingerprint density at radius 1 is 1.17 bits per heavy atom. The average Bonchev–Trinajstić information content (AvgIpc) is 2.53. The van der Waals surface area contributed by atoms with E-state index in [0.29, 0.717) is 6.04 Å². The maximum Gasteiger partial charge on any atom is 0.0746 e. The number of aliphatic hydroxyl groups excluding tert-OH is 1. The SMILES string of the molecule is CCCC1CCCN(C2CCC(C)(C)C2O)CC1. The minimum Gasteiger partial charge on any atom is -0.391 e. The van der Waals surface area contributed by atoms with E-state index < -0.39 is 0 Å². The van der Waals surface area contributed by atoms with Crippen LogP contribution in [-0.2, 0) is 0 Å². The zero-order valence-electron chi connectivity index (χ0n) is 12.5. The Hall–Kier alpha value is -0.0800. The van der Waals surface area contributed by atoms with Gasteiger partial charge in [-0.2, -0.15) is 0 Å². The summed E-state index contributed by atoms with van der Waals surface area (Å²) in [7, 11) is 0. The Morgan fingerprint density at radius 3 is 2.56 bits per heavy atom. The molecule has 1 saturated carbocycles. The van der Waals surface area contributed by atoms with Crippen LogP contribution in [0.25, 0.3) is 0 Å². The smallest absolute Gasteiger partial charge is 0.0746 e. The molecule has 2 fully saturated rings. The van der Waals surface area contributed by atoms with Crippen LogP contribution in [-0.4, -0.2) is 35.2 Å². The van der Waals surface area contributed by atoms with Crippen molar-refractivity contribution >= 4 is 0 Å². The number of nitrogens with zero attached hydrogens (tertiary/aromatic N) is 1. The van der Waals surface area contributed by atoms with Gasteiger partial charge in [-0.1, -0.05) is 33.6 Å². The van der Waals surface area contributed by atoms with Crippen molar-refractivity contribution in [3.05, 3.63) is 0 Å². The molecule has 3 unspecified atom stereocenters. The number of rotatable bonds is 3. The highest BCUT2D eigenvalue weighted by Gasteiger charge is 2.43. The molecule has 2 heteroatoms. The van der Waals surface area contributed by atoms with E-state index in [1.165, 1.54) is 58.0 Å². The molecule has 0 radical (unpaired) electrons. The predicted molar refractivity (Wildman–Crippen MR) is 76.6 cm³/mol. The monoisotopic (exact) mass is 253 g/mol. The van der Waals surface area contributed by atoms with E-state index in [1.54, 1.807) is 0 Å². The molecule has 0 amide bonds. The summed E-state index contributed by atoms with van der Waals surface area (Å²) in [5.41, 5.74) is 0.125. The van der Waals surface area contributed by atoms with Crippen LogP contribution < -0.4 is 0 Å². The largest absolute Gasteiger partial charge is 0.391 e. The molecule has 0 aromatic heterocycles. The highest BCUT2D eigenvalue weighted by molar-refractivity contribution is 4.96. The Bertz CT molecular complexity index is 264. The molecule has 1 saturated heterocycles. The van der Waals surface area contributed by atoms with Crippen molar-refractivity contribution in [3.8, 4) is 0 Å². The van der Waals surface area contributed by atoms with E-state index in [9.17, 15) is 5.11 Å². The van der Waals surface area contributed by atoms with Crippen LogP contribution in [0.3, 0.4) is 0 Å². The van der Waals surface area contributed by atoms with Gasteiger partial charge in [0.2, 0.25) is 0 Å². The van der Waals surface area contributed by atoms with Crippen molar-refractivity contribution in [3.63, 3.8) is 0 Å². The molecule has 1 aliphatic heterocycles. The molecule has 0 aromatic carbocycles. The number of aliphatic hydroxyl groups is 1. The molecule has 3 atom stereocenters. The zero-order chi connectivity index (χ0) is 13.2. The van der Waals surface area contributed by atoms with Crippen molar-refractivity contribution in [2.75, 3.05) is 13.1 Å². The first-order valence-electron chi connectivity index (χ1n) is 7.96. The quantitative estimate of drug-likeness (QED) is 0.833. The summed E-state index contributed by atoms with van der Waals surface area (Å²) in [6, 6.07) is 0.431. The Kier molecular flexibility index (Phi) is 4.71. The summed E-state index contributed by atoms with van der Waals surface area (Å²) >= 11 is 0. The molecule has 2 rings (SSSR count). The maximum absolute atomic E-state index is 10.5. The predicted octanol–water partition coefficient (Wildman–Crippen LogP) is 3.44. The summed E-state index contributed by atoms with van der Waals surface area (Å²) in [5, 5.41) is 10.5. The van der Waals surface area contributed by atoms with Gasteiger partial charge in [-0.05, 0) is 56.5 Å². The molecule has 1 heterocycles. The van der Waals surface area contributed by atoms with E-state index in [1.807, 2.05) is 0 Å². The molecule has 1 aliphatic carbocycles. The van der Waals surface area contributed by atoms with Gasteiger partial charge in [0.1, 0.15) is 0 Å². The first-order chi connectivity index (χ1) is 8.54. The first kappa shape index (κ1) is 14.3. The van der Waals surface area contributed by atoms with Gasteiger partial charge in [0.25, 0.3) is 0 Å². The highest BCUT2D eigenvalue weighted by atomic mass is 16.3. The van der Waals surface area contributed by atoms with Crippen LogP contribution in [0.15, 0.2) is 0 Å².